The molecular formula is C16H28O12. The van der Waals surface area contributed by atoms with Crippen LogP contribution in [0.1, 0.15) is 19.8 Å². The highest BCUT2D eigenvalue weighted by Gasteiger charge is 2.59. The Bertz CT molecular complexity index is 516. The fourth-order valence-corrected chi connectivity index (χ4v) is 3.07. The Balaban J connectivity index is 2.23. The van der Waals surface area contributed by atoms with E-state index in [-0.39, 0.29) is 6.42 Å². The fraction of sp³-hybridized carbons (Fsp3) is 0.938. The smallest absolute Gasteiger partial charge is 0.305 e. The lowest BCUT2D eigenvalue weighted by Gasteiger charge is -2.43. The molecule has 28 heavy (non-hydrogen) atoms. The van der Waals surface area contributed by atoms with Gasteiger partial charge in [0.2, 0.25) is 5.79 Å². The van der Waals surface area contributed by atoms with Gasteiger partial charge in [0.25, 0.3) is 0 Å². The van der Waals surface area contributed by atoms with Crippen LogP contribution in [0, 0.1) is 0 Å². The number of carbonyl (C=O) groups is 1. The van der Waals surface area contributed by atoms with Crippen molar-refractivity contribution in [3.63, 3.8) is 0 Å². The standard InChI is InChI=1S/C16H28O12/c1-2-3-9(19)25-6-16(14(24)11(21)8(5-18)27-16)28-15-13(23)12(22)10(20)7(4-17)26-15/h7-8,10-15,17-18,20-24H,2-6H2,1H3/t7-,8-,10-,11-,12+,13-,14+,15-,16+/m1/s1. The molecule has 0 bridgehead atoms. The summed E-state index contributed by atoms with van der Waals surface area (Å²) in [5, 5.41) is 68.9. The van der Waals surface area contributed by atoms with Crippen LogP contribution in [0.3, 0.4) is 0 Å². The highest BCUT2D eigenvalue weighted by molar-refractivity contribution is 5.69. The summed E-state index contributed by atoms with van der Waals surface area (Å²) < 4.78 is 21.1. The Labute approximate surface area is 160 Å². The quantitative estimate of drug-likeness (QED) is 0.191. The maximum atomic E-state index is 11.7. The van der Waals surface area contributed by atoms with Crippen LogP contribution in [0.25, 0.3) is 0 Å². The number of rotatable bonds is 8. The third-order valence-corrected chi connectivity index (χ3v) is 4.74. The molecule has 2 aliphatic heterocycles. The van der Waals surface area contributed by atoms with E-state index in [1.807, 2.05) is 0 Å². The Morgan fingerprint density at radius 2 is 1.61 bits per heavy atom. The molecule has 7 N–H and O–H groups in total. The summed E-state index contributed by atoms with van der Waals surface area (Å²) in [5.74, 6) is -2.87. The molecular weight excluding hydrogens is 384 g/mol. The minimum atomic E-state index is -2.23. The molecule has 0 aliphatic carbocycles. The predicted octanol–water partition coefficient (Wildman–Crippen LogP) is -4.04. The maximum Gasteiger partial charge on any atom is 0.305 e. The zero-order valence-corrected chi connectivity index (χ0v) is 15.3. The molecule has 2 aliphatic rings. The summed E-state index contributed by atoms with van der Waals surface area (Å²) in [6, 6.07) is 0. The first-order valence-corrected chi connectivity index (χ1v) is 8.99. The topological polar surface area (TPSA) is 196 Å². The zero-order chi connectivity index (χ0) is 21.1. The van der Waals surface area contributed by atoms with Crippen molar-refractivity contribution >= 4 is 5.97 Å². The molecule has 0 unspecified atom stereocenters. The van der Waals surface area contributed by atoms with Crippen molar-refractivity contribution in [3.05, 3.63) is 0 Å². The molecule has 0 aromatic heterocycles. The average molecular weight is 412 g/mol. The number of esters is 1. The Hall–Kier alpha value is -0.930. The van der Waals surface area contributed by atoms with E-state index >= 15 is 0 Å². The molecule has 12 nitrogen and oxygen atoms in total. The van der Waals surface area contributed by atoms with E-state index in [9.17, 15) is 40.5 Å². The number of hydrogen-bond donors (Lipinski definition) is 7. The van der Waals surface area contributed by atoms with E-state index in [0.29, 0.717) is 6.42 Å². The lowest BCUT2D eigenvalue weighted by Crippen LogP contribution is -2.62. The van der Waals surface area contributed by atoms with Gasteiger partial charge in [0.15, 0.2) is 6.29 Å². The van der Waals surface area contributed by atoms with Crippen molar-refractivity contribution < 1.29 is 59.5 Å². The van der Waals surface area contributed by atoms with E-state index in [2.05, 4.69) is 0 Å². The van der Waals surface area contributed by atoms with Gasteiger partial charge >= 0.3 is 5.97 Å². The van der Waals surface area contributed by atoms with Gasteiger partial charge in [-0.15, -0.1) is 0 Å². The molecule has 164 valence electrons. The molecule has 0 amide bonds. The molecule has 2 fully saturated rings. The van der Waals surface area contributed by atoms with Gasteiger partial charge in [0.05, 0.1) is 13.2 Å². The third-order valence-electron chi connectivity index (χ3n) is 4.74. The summed E-state index contributed by atoms with van der Waals surface area (Å²) in [5.41, 5.74) is 0. The Morgan fingerprint density at radius 1 is 0.964 bits per heavy atom. The van der Waals surface area contributed by atoms with Crippen molar-refractivity contribution in [2.24, 2.45) is 0 Å². The van der Waals surface area contributed by atoms with Gasteiger partial charge in [-0.2, -0.15) is 0 Å². The second-order valence-corrected chi connectivity index (χ2v) is 6.81. The van der Waals surface area contributed by atoms with Crippen LogP contribution in [-0.4, -0.2) is 116 Å². The van der Waals surface area contributed by atoms with Gasteiger partial charge in [0, 0.05) is 6.42 Å². The molecule has 0 aromatic rings. The van der Waals surface area contributed by atoms with Crippen molar-refractivity contribution in [2.75, 3.05) is 19.8 Å². The summed E-state index contributed by atoms with van der Waals surface area (Å²) >= 11 is 0. The Kier molecular flexibility index (Phi) is 8.10. The van der Waals surface area contributed by atoms with Crippen LogP contribution >= 0.6 is 0 Å². The van der Waals surface area contributed by atoms with Crippen molar-refractivity contribution in [3.8, 4) is 0 Å². The molecule has 2 rings (SSSR count). The summed E-state index contributed by atoms with van der Waals surface area (Å²) in [6.07, 6.45) is -12.4. The monoisotopic (exact) mass is 412 g/mol. The van der Waals surface area contributed by atoms with Crippen LogP contribution in [-0.2, 0) is 23.7 Å². The summed E-state index contributed by atoms with van der Waals surface area (Å²) in [7, 11) is 0. The highest BCUT2D eigenvalue weighted by atomic mass is 16.8. The lowest BCUT2D eigenvalue weighted by molar-refractivity contribution is -0.383. The summed E-state index contributed by atoms with van der Waals surface area (Å²) in [4.78, 5) is 11.7. The van der Waals surface area contributed by atoms with Gasteiger partial charge in [-0.1, -0.05) is 6.92 Å². The van der Waals surface area contributed by atoms with E-state index < -0.39 is 80.6 Å². The van der Waals surface area contributed by atoms with Gasteiger partial charge in [0.1, 0.15) is 49.3 Å². The van der Waals surface area contributed by atoms with E-state index in [4.69, 9.17) is 18.9 Å². The number of aliphatic hydroxyl groups is 7. The van der Waals surface area contributed by atoms with Crippen molar-refractivity contribution in [1.82, 2.24) is 0 Å². The molecule has 0 saturated carbocycles. The Morgan fingerprint density at radius 3 is 2.14 bits per heavy atom. The van der Waals surface area contributed by atoms with Gasteiger partial charge < -0.3 is 54.7 Å². The lowest BCUT2D eigenvalue weighted by atomic mass is 9.99. The maximum absolute atomic E-state index is 11.7. The molecule has 0 spiro atoms. The molecule has 9 atom stereocenters. The molecule has 0 radical (unpaired) electrons. The SMILES string of the molecule is CCCC(=O)OC[C@@]1(O[C@H]2O[C@H](CO)[C@@H](O)[C@H](O)[C@H]2O)O[C@H](CO)[C@@H](O)[C@@H]1O. The minimum absolute atomic E-state index is 0.0677. The van der Waals surface area contributed by atoms with Crippen LogP contribution in [0.15, 0.2) is 0 Å². The molecule has 0 aromatic carbocycles. The van der Waals surface area contributed by atoms with Crippen molar-refractivity contribution in [2.45, 2.75) is 74.6 Å². The van der Waals surface area contributed by atoms with Crippen LogP contribution in [0.4, 0.5) is 0 Å². The van der Waals surface area contributed by atoms with E-state index in [0.717, 1.165) is 0 Å². The zero-order valence-electron chi connectivity index (χ0n) is 15.3. The van der Waals surface area contributed by atoms with Crippen LogP contribution < -0.4 is 0 Å². The molecule has 2 saturated heterocycles. The van der Waals surface area contributed by atoms with Gasteiger partial charge in [-0.25, -0.2) is 0 Å². The minimum Gasteiger partial charge on any atom is -0.460 e. The fourth-order valence-electron chi connectivity index (χ4n) is 3.07. The van der Waals surface area contributed by atoms with E-state index in [1.54, 1.807) is 6.92 Å². The average Bonchev–Trinajstić information content (AvgIpc) is 2.92. The van der Waals surface area contributed by atoms with Gasteiger partial charge in [-0.3, -0.25) is 4.79 Å². The first-order valence-electron chi connectivity index (χ1n) is 8.99. The molecule has 2 heterocycles. The second kappa shape index (κ2) is 9.71. The van der Waals surface area contributed by atoms with Crippen LogP contribution in [0.5, 0.6) is 0 Å². The first kappa shape index (κ1) is 23.3. The first-order chi connectivity index (χ1) is 13.2. The number of hydrogen-bond acceptors (Lipinski definition) is 12. The third kappa shape index (κ3) is 4.62. The largest absolute Gasteiger partial charge is 0.460 e. The summed E-state index contributed by atoms with van der Waals surface area (Å²) in [6.45, 7) is -0.376. The number of carbonyl (C=O) groups excluding carboxylic acids is 1. The highest BCUT2D eigenvalue weighted by Crippen LogP contribution is 2.36. The molecule has 12 heteroatoms. The number of aliphatic hydroxyl groups excluding tert-OH is 7. The predicted molar refractivity (Wildman–Crippen MR) is 87.4 cm³/mol. The van der Waals surface area contributed by atoms with E-state index in [1.165, 1.54) is 0 Å². The number of ether oxygens (including phenoxy) is 4. The normalized spacial score (nSPS) is 43.9. The van der Waals surface area contributed by atoms with Crippen LogP contribution in [0.2, 0.25) is 0 Å². The second-order valence-electron chi connectivity index (χ2n) is 6.81. The van der Waals surface area contributed by atoms with Gasteiger partial charge in [-0.05, 0) is 6.42 Å². The van der Waals surface area contributed by atoms with Crippen molar-refractivity contribution in [1.29, 1.82) is 0 Å².